The lowest BCUT2D eigenvalue weighted by atomic mass is 9.93. The Labute approximate surface area is 156 Å². The van der Waals surface area contributed by atoms with Crippen LogP contribution in [0.15, 0.2) is 59.9 Å². The molecule has 2 heterocycles. The minimum Gasteiger partial charge on any atom is -0.354 e. The van der Waals surface area contributed by atoms with E-state index in [0.29, 0.717) is 16.2 Å². The van der Waals surface area contributed by atoms with Gasteiger partial charge in [0, 0.05) is 22.7 Å². The summed E-state index contributed by atoms with van der Waals surface area (Å²) in [6.45, 7) is 0. The lowest BCUT2D eigenvalue weighted by molar-refractivity contribution is 0.977. The first-order chi connectivity index (χ1) is 12.7. The molecule has 6 heteroatoms. The van der Waals surface area contributed by atoms with E-state index in [1.54, 1.807) is 6.20 Å². The highest BCUT2D eigenvalue weighted by molar-refractivity contribution is 7.98. The van der Waals surface area contributed by atoms with E-state index in [9.17, 15) is 0 Å². The van der Waals surface area contributed by atoms with Gasteiger partial charge in [-0.1, -0.05) is 41.5 Å². The molecule has 4 aromatic rings. The molecule has 0 aliphatic heterocycles. The molecule has 4 nitrogen and oxygen atoms in total. The largest absolute Gasteiger partial charge is 0.354 e. The Bertz CT molecular complexity index is 1140. The van der Waals surface area contributed by atoms with Crippen molar-refractivity contribution in [1.82, 2.24) is 15.0 Å². The molecular weight excluding hydrogens is 339 g/mol. The fourth-order valence-electron chi connectivity index (χ4n) is 2.98. The number of rotatable bonds is 3. The van der Waals surface area contributed by atoms with Crippen LogP contribution >= 0.6 is 11.8 Å². The first-order valence-corrected chi connectivity index (χ1v) is 9.21. The quantitative estimate of drug-likeness (QED) is 0.347. The normalized spacial score (nSPS) is 10.8. The molecule has 0 amide bonds. The van der Waals surface area contributed by atoms with E-state index >= 15 is 0 Å². The van der Waals surface area contributed by atoms with Gasteiger partial charge in [0.25, 0.3) is 0 Å². The number of nitriles is 1. The Balaban J connectivity index is 2.01. The molecule has 4 rings (SSSR count). The number of hydrogen-bond acceptors (Lipinski definition) is 4. The van der Waals surface area contributed by atoms with Crippen molar-refractivity contribution in [2.45, 2.75) is 5.16 Å². The van der Waals surface area contributed by atoms with Crippen molar-refractivity contribution >= 4 is 36.0 Å². The van der Waals surface area contributed by atoms with Crippen LogP contribution in [0.4, 0.5) is 0 Å². The Morgan fingerprint density at radius 1 is 1.12 bits per heavy atom. The standard InChI is InChI=1S/C20H13BN4S/c1-26-20-23-9-8-17(25-20)18-15-10-14(21)6-7-16(15)24-19(18)13-4-2-12(11-22)3-5-13/h2-10,24H,1H3. The van der Waals surface area contributed by atoms with Crippen LogP contribution in [0.2, 0.25) is 0 Å². The summed E-state index contributed by atoms with van der Waals surface area (Å²) in [7, 11) is 6.03. The Morgan fingerprint density at radius 3 is 2.65 bits per heavy atom. The number of H-pyrrole nitrogens is 1. The van der Waals surface area contributed by atoms with E-state index in [-0.39, 0.29) is 0 Å². The summed E-state index contributed by atoms with van der Waals surface area (Å²) in [6.07, 6.45) is 3.72. The van der Waals surface area contributed by atoms with Crippen LogP contribution in [0, 0.1) is 11.3 Å². The molecule has 0 saturated heterocycles. The minimum atomic E-state index is 0.627. The number of fused-ring (bicyclic) bond motifs is 1. The maximum atomic E-state index is 9.04. The third-order valence-electron chi connectivity index (χ3n) is 4.20. The van der Waals surface area contributed by atoms with Gasteiger partial charge in [0.15, 0.2) is 5.16 Å². The minimum absolute atomic E-state index is 0.627. The fourth-order valence-corrected chi connectivity index (χ4v) is 3.34. The summed E-state index contributed by atoms with van der Waals surface area (Å²) in [4.78, 5) is 12.4. The van der Waals surface area contributed by atoms with Gasteiger partial charge in [-0.05, 0) is 36.1 Å². The van der Waals surface area contributed by atoms with Gasteiger partial charge in [-0.2, -0.15) is 5.26 Å². The number of thioether (sulfide) groups is 1. The average Bonchev–Trinajstić information content (AvgIpc) is 3.06. The van der Waals surface area contributed by atoms with Crippen molar-refractivity contribution < 1.29 is 0 Å². The first kappa shape index (κ1) is 16.4. The smallest absolute Gasteiger partial charge is 0.187 e. The summed E-state index contributed by atoms with van der Waals surface area (Å²) < 4.78 is 0. The summed E-state index contributed by atoms with van der Waals surface area (Å²) in [5.41, 5.74) is 6.05. The Kier molecular flexibility index (Phi) is 4.23. The third-order valence-corrected chi connectivity index (χ3v) is 4.76. The van der Waals surface area contributed by atoms with Crippen molar-refractivity contribution in [1.29, 1.82) is 5.26 Å². The highest BCUT2D eigenvalue weighted by Crippen LogP contribution is 2.37. The average molecular weight is 352 g/mol. The molecule has 122 valence electrons. The molecule has 0 spiro atoms. The van der Waals surface area contributed by atoms with Crippen LogP contribution < -0.4 is 5.46 Å². The van der Waals surface area contributed by atoms with Crippen LogP contribution in [0.3, 0.4) is 0 Å². The van der Waals surface area contributed by atoms with Crippen LogP contribution in [0.5, 0.6) is 0 Å². The van der Waals surface area contributed by atoms with Gasteiger partial charge in [-0.15, -0.1) is 0 Å². The monoisotopic (exact) mass is 352 g/mol. The highest BCUT2D eigenvalue weighted by atomic mass is 32.2. The maximum absolute atomic E-state index is 9.04. The molecule has 0 atom stereocenters. The molecule has 0 aliphatic carbocycles. The topological polar surface area (TPSA) is 65.4 Å². The molecule has 1 N–H and O–H groups in total. The summed E-state index contributed by atoms with van der Waals surface area (Å²) in [5.74, 6) is 0. The summed E-state index contributed by atoms with van der Waals surface area (Å²) in [6, 6.07) is 17.3. The summed E-state index contributed by atoms with van der Waals surface area (Å²) in [5, 5.41) is 10.8. The van der Waals surface area contributed by atoms with Crippen molar-refractivity contribution in [3.63, 3.8) is 0 Å². The molecule has 0 fully saturated rings. The van der Waals surface area contributed by atoms with Gasteiger partial charge in [-0.3, -0.25) is 0 Å². The van der Waals surface area contributed by atoms with Crippen molar-refractivity contribution in [2.24, 2.45) is 0 Å². The second-order valence-corrected chi connectivity index (χ2v) is 6.57. The second kappa shape index (κ2) is 6.70. The molecular formula is C20H13BN4S. The van der Waals surface area contributed by atoms with Crippen LogP contribution in [-0.2, 0) is 0 Å². The van der Waals surface area contributed by atoms with Crippen LogP contribution in [-0.4, -0.2) is 29.1 Å². The molecule has 2 aromatic carbocycles. The zero-order valence-electron chi connectivity index (χ0n) is 14.0. The van der Waals surface area contributed by atoms with E-state index in [0.717, 1.165) is 33.4 Å². The van der Waals surface area contributed by atoms with Gasteiger partial charge in [0.1, 0.15) is 7.85 Å². The molecule has 2 radical (unpaired) electrons. The molecule has 0 aliphatic rings. The molecule has 26 heavy (non-hydrogen) atoms. The second-order valence-electron chi connectivity index (χ2n) is 5.80. The zero-order valence-corrected chi connectivity index (χ0v) is 14.8. The lowest BCUT2D eigenvalue weighted by Crippen LogP contribution is -1.99. The predicted octanol–water partition coefficient (Wildman–Crippen LogP) is 3.68. The van der Waals surface area contributed by atoms with Gasteiger partial charge in [0.05, 0.1) is 23.0 Å². The number of nitrogens with zero attached hydrogens (tertiary/aromatic N) is 3. The van der Waals surface area contributed by atoms with E-state index < -0.39 is 0 Å². The van der Waals surface area contributed by atoms with E-state index in [2.05, 4.69) is 21.0 Å². The van der Waals surface area contributed by atoms with E-state index in [4.69, 9.17) is 13.1 Å². The van der Waals surface area contributed by atoms with E-state index in [1.807, 2.05) is 54.8 Å². The zero-order chi connectivity index (χ0) is 18.1. The van der Waals surface area contributed by atoms with Crippen molar-refractivity contribution in [3.8, 4) is 28.6 Å². The van der Waals surface area contributed by atoms with Gasteiger partial charge < -0.3 is 4.98 Å². The van der Waals surface area contributed by atoms with Crippen LogP contribution in [0.25, 0.3) is 33.4 Å². The number of nitrogens with one attached hydrogen (secondary N) is 1. The third kappa shape index (κ3) is 2.87. The lowest BCUT2D eigenvalue weighted by Gasteiger charge is -2.06. The van der Waals surface area contributed by atoms with Gasteiger partial charge in [0.2, 0.25) is 0 Å². The first-order valence-electron chi connectivity index (χ1n) is 7.99. The molecule has 2 aromatic heterocycles. The molecule has 0 bridgehead atoms. The number of aromatic amines is 1. The Hall–Kier alpha value is -3.04. The predicted molar refractivity (Wildman–Crippen MR) is 107 cm³/mol. The molecule has 0 unspecified atom stereocenters. The number of benzene rings is 2. The van der Waals surface area contributed by atoms with Crippen molar-refractivity contribution in [3.05, 3.63) is 60.3 Å². The van der Waals surface area contributed by atoms with Gasteiger partial charge in [-0.25, -0.2) is 9.97 Å². The Morgan fingerprint density at radius 2 is 1.92 bits per heavy atom. The van der Waals surface area contributed by atoms with E-state index in [1.165, 1.54) is 11.8 Å². The summed E-state index contributed by atoms with van der Waals surface area (Å²) >= 11 is 1.50. The number of aromatic nitrogens is 3. The van der Waals surface area contributed by atoms with Crippen molar-refractivity contribution in [2.75, 3.05) is 6.26 Å². The maximum Gasteiger partial charge on any atom is 0.187 e. The molecule has 0 saturated carbocycles. The van der Waals surface area contributed by atoms with Gasteiger partial charge >= 0.3 is 0 Å². The SMILES string of the molecule is [B]c1ccc2[nH]c(-c3ccc(C#N)cc3)c(-c3ccnc(SC)n3)c2c1. The van der Waals surface area contributed by atoms with Crippen LogP contribution in [0.1, 0.15) is 5.56 Å². The number of hydrogen-bond donors (Lipinski definition) is 1. The highest BCUT2D eigenvalue weighted by Gasteiger charge is 2.17. The fraction of sp³-hybridized carbons (Fsp3) is 0.0500.